The molecule has 0 aliphatic carbocycles. The van der Waals surface area contributed by atoms with Crippen molar-refractivity contribution >= 4 is 17.4 Å². The first-order valence-corrected chi connectivity index (χ1v) is 6.74. The number of halogens is 1. The zero-order valence-electron chi connectivity index (χ0n) is 10.2. The fourth-order valence-corrected chi connectivity index (χ4v) is 2.52. The molecule has 1 saturated heterocycles. The van der Waals surface area contributed by atoms with Crippen molar-refractivity contribution in [2.45, 2.75) is 44.7 Å². The highest BCUT2D eigenvalue weighted by atomic mass is 35.5. The van der Waals surface area contributed by atoms with Crippen LogP contribution in [0.2, 0.25) is 5.15 Å². The van der Waals surface area contributed by atoms with Gasteiger partial charge >= 0.3 is 0 Å². The molecule has 1 aromatic rings. The Morgan fingerprint density at radius 1 is 1.53 bits per heavy atom. The average Bonchev–Trinajstić information content (AvgIpc) is 2.30. The molecule has 1 aliphatic heterocycles. The summed E-state index contributed by atoms with van der Waals surface area (Å²) in [5.41, 5.74) is 0. The minimum atomic E-state index is 0.413. The maximum Gasteiger partial charge on any atom is 0.131 e. The zero-order chi connectivity index (χ0) is 12.1. The van der Waals surface area contributed by atoms with E-state index in [1.165, 1.54) is 19.3 Å². The quantitative estimate of drug-likeness (QED) is 0.810. The third-order valence-corrected chi connectivity index (χ3v) is 3.37. The van der Waals surface area contributed by atoms with Gasteiger partial charge in [-0.2, -0.15) is 0 Å². The summed E-state index contributed by atoms with van der Waals surface area (Å²) in [6.45, 7) is 3.35. The number of nitrogens with zero attached hydrogens (tertiary/aromatic N) is 1. The van der Waals surface area contributed by atoms with Crippen LogP contribution in [0.5, 0.6) is 0 Å². The van der Waals surface area contributed by atoms with Gasteiger partial charge in [-0.1, -0.05) is 24.1 Å². The van der Waals surface area contributed by atoms with Crippen molar-refractivity contribution in [2.75, 3.05) is 11.9 Å². The second-order valence-electron chi connectivity index (χ2n) is 4.77. The molecule has 1 aliphatic rings. The van der Waals surface area contributed by atoms with E-state index in [1.54, 1.807) is 6.07 Å². The van der Waals surface area contributed by atoms with Gasteiger partial charge in [0.2, 0.25) is 0 Å². The van der Waals surface area contributed by atoms with Gasteiger partial charge in [0.15, 0.2) is 0 Å². The van der Waals surface area contributed by atoms with Gasteiger partial charge in [0.05, 0.1) is 0 Å². The Labute approximate surface area is 108 Å². The molecule has 94 valence electrons. The van der Waals surface area contributed by atoms with Crippen LogP contribution in [0, 0.1) is 0 Å². The van der Waals surface area contributed by atoms with Crippen LogP contribution in [0.25, 0.3) is 0 Å². The molecule has 0 radical (unpaired) electrons. The fourth-order valence-electron chi connectivity index (χ4n) is 2.35. The maximum atomic E-state index is 5.86. The van der Waals surface area contributed by atoms with Gasteiger partial charge in [0, 0.05) is 12.1 Å². The van der Waals surface area contributed by atoms with Crippen LogP contribution < -0.4 is 10.6 Å². The Balaban J connectivity index is 1.82. The van der Waals surface area contributed by atoms with Crippen LogP contribution in [0.1, 0.15) is 32.6 Å². The van der Waals surface area contributed by atoms with E-state index in [0.717, 1.165) is 18.8 Å². The van der Waals surface area contributed by atoms with Crippen molar-refractivity contribution < 1.29 is 0 Å². The predicted octanol–water partition coefficient (Wildman–Crippen LogP) is 3.07. The smallest absolute Gasteiger partial charge is 0.131 e. The van der Waals surface area contributed by atoms with Crippen molar-refractivity contribution in [3.8, 4) is 0 Å². The molecule has 2 N–H and O–H groups in total. The second kappa shape index (κ2) is 6.22. The monoisotopic (exact) mass is 253 g/mol. The summed E-state index contributed by atoms with van der Waals surface area (Å²) in [5.74, 6) is 0.862. The van der Waals surface area contributed by atoms with Crippen molar-refractivity contribution in [2.24, 2.45) is 0 Å². The molecule has 1 aromatic heterocycles. The molecule has 0 bridgehead atoms. The minimum absolute atomic E-state index is 0.413. The summed E-state index contributed by atoms with van der Waals surface area (Å²) in [6.07, 6.45) is 5.08. The SMILES string of the molecule is CC(CC1CCCCN1)Nc1cccc(Cl)n1. The molecular weight excluding hydrogens is 234 g/mol. The van der Waals surface area contributed by atoms with Gasteiger partial charge in [-0.25, -0.2) is 4.98 Å². The molecule has 2 heterocycles. The maximum absolute atomic E-state index is 5.86. The lowest BCUT2D eigenvalue weighted by Gasteiger charge is -2.26. The third kappa shape index (κ3) is 4.17. The van der Waals surface area contributed by atoms with Gasteiger partial charge in [0.1, 0.15) is 11.0 Å². The second-order valence-corrected chi connectivity index (χ2v) is 5.16. The summed E-state index contributed by atoms with van der Waals surface area (Å²) >= 11 is 5.86. The van der Waals surface area contributed by atoms with Crippen LogP contribution in [0.3, 0.4) is 0 Å². The molecule has 0 saturated carbocycles. The standard InChI is InChI=1S/C13H20ClN3/c1-10(9-11-5-2-3-8-15-11)16-13-7-4-6-12(14)17-13/h4,6-7,10-11,15H,2-3,5,8-9H2,1H3,(H,16,17). The summed E-state index contributed by atoms with van der Waals surface area (Å²) in [7, 11) is 0. The number of pyridine rings is 1. The Bertz CT molecular complexity index is 350. The minimum Gasteiger partial charge on any atom is -0.368 e. The van der Waals surface area contributed by atoms with E-state index < -0.39 is 0 Å². The summed E-state index contributed by atoms with van der Waals surface area (Å²) in [6, 6.07) is 6.72. The van der Waals surface area contributed by atoms with Crippen molar-refractivity contribution in [1.29, 1.82) is 0 Å². The predicted molar refractivity (Wildman–Crippen MR) is 72.6 cm³/mol. The summed E-state index contributed by atoms with van der Waals surface area (Å²) in [4.78, 5) is 4.24. The molecule has 4 heteroatoms. The van der Waals surface area contributed by atoms with E-state index in [1.807, 2.05) is 12.1 Å². The highest BCUT2D eigenvalue weighted by Crippen LogP contribution is 2.15. The van der Waals surface area contributed by atoms with Gasteiger partial charge in [-0.15, -0.1) is 0 Å². The van der Waals surface area contributed by atoms with Crippen LogP contribution in [0.15, 0.2) is 18.2 Å². The van der Waals surface area contributed by atoms with Crippen molar-refractivity contribution in [3.63, 3.8) is 0 Å². The highest BCUT2D eigenvalue weighted by molar-refractivity contribution is 6.29. The van der Waals surface area contributed by atoms with Crippen LogP contribution in [-0.2, 0) is 0 Å². The van der Waals surface area contributed by atoms with Crippen LogP contribution in [-0.4, -0.2) is 23.6 Å². The first-order valence-electron chi connectivity index (χ1n) is 6.36. The molecule has 0 amide bonds. The molecule has 3 nitrogen and oxygen atoms in total. The lowest BCUT2D eigenvalue weighted by molar-refractivity contribution is 0.371. The number of piperidine rings is 1. The Hall–Kier alpha value is -0.800. The Kier molecular flexibility index (Phi) is 4.63. The number of rotatable bonds is 4. The fraction of sp³-hybridized carbons (Fsp3) is 0.615. The molecule has 2 unspecified atom stereocenters. The van der Waals surface area contributed by atoms with Crippen molar-refractivity contribution in [1.82, 2.24) is 10.3 Å². The number of hydrogen-bond donors (Lipinski definition) is 2. The molecule has 2 rings (SSSR count). The Morgan fingerprint density at radius 2 is 2.41 bits per heavy atom. The number of nitrogens with one attached hydrogen (secondary N) is 2. The van der Waals surface area contributed by atoms with Gasteiger partial charge in [0.25, 0.3) is 0 Å². The average molecular weight is 254 g/mol. The number of hydrogen-bond acceptors (Lipinski definition) is 3. The number of anilines is 1. The topological polar surface area (TPSA) is 37.0 Å². The van der Waals surface area contributed by atoms with Crippen LogP contribution >= 0.6 is 11.6 Å². The lowest BCUT2D eigenvalue weighted by atomic mass is 9.99. The van der Waals surface area contributed by atoms with Crippen molar-refractivity contribution in [3.05, 3.63) is 23.4 Å². The largest absolute Gasteiger partial charge is 0.368 e. The highest BCUT2D eigenvalue weighted by Gasteiger charge is 2.15. The summed E-state index contributed by atoms with van der Waals surface area (Å²) < 4.78 is 0. The molecular formula is C13H20ClN3. The molecule has 0 aromatic carbocycles. The first-order chi connectivity index (χ1) is 8.24. The molecule has 2 atom stereocenters. The van der Waals surface area contributed by atoms with E-state index in [4.69, 9.17) is 11.6 Å². The third-order valence-electron chi connectivity index (χ3n) is 3.16. The van der Waals surface area contributed by atoms with Gasteiger partial charge in [-0.05, 0) is 44.9 Å². The Morgan fingerprint density at radius 3 is 3.12 bits per heavy atom. The normalized spacial score (nSPS) is 22.1. The molecule has 0 spiro atoms. The van der Waals surface area contributed by atoms with E-state index in [0.29, 0.717) is 17.2 Å². The first kappa shape index (κ1) is 12.7. The zero-order valence-corrected chi connectivity index (χ0v) is 11.0. The lowest BCUT2D eigenvalue weighted by Crippen LogP contribution is -2.37. The summed E-state index contributed by atoms with van der Waals surface area (Å²) in [5, 5.41) is 7.49. The van der Waals surface area contributed by atoms with E-state index in [9.17, 15) is 0 Å². The van der Waals surface area contributed by atoms with Crippen LogP contribution in [0.4, 0.5) is 5.82 Å². The van der Waals surface area contributed by atoms with E-state index >= 15 is 0 Å². The van der Waals surface area contributed by atoms with Gasteiger partial charge < -0.3 is 10.6 Å². The van der Waals surface area contributed by atoms with E-state index in [2.05, 4.69) is 22.5 Å². The van der Waals surface area contributed by atoms with E-state index in [-0.39, 0.29) is 0 Å². The molecule has 1 fully saturated rings. The molecule has 17 heavy (non-hydrogen) atoms. The number of aromatic nitrogens is 1. The van der Waals surface area contributed by atoms with Gasteiger partial charge in [-0.3, -0.25) is 0 Å².